The van der Waals surface area contributed by atoms with Crippen molar-refractivity contribution in [3.63, 3.8) is 0 Å². The second kappa shape index (κ2) is 7.97. The predicted octanol–water partition coefficient (Wildman–Crippen LogP) is 3.02. The number of anilines is 2. The molecule has 1 aliphatic rings. The van der Waals surface area contributed by atoms with E-state index in [1.165, 1.54) is 6.07 Å². The van der Waals surface area contributed by atoms with E-state index in [0.29, 0.717) is 30.3 Å². The maximum atomic E-state index is 12.7. The molecule has 7 nitrogen and oxygen atoms in total. The first-order valence-corrected chi connectivity index (χ1v) is 8.63. The molecule has 136 valence electrons. The van der Waals surface area contributed by atoms with Crippen LogP contribution in [0.15, 0.2) is 48.5 Å². The number of nitrogens with one attached hydrogen (secondary N) is 2. The number of likely N-dealkylation sites (tertiary alicyclic amines) is 1. The highest BCUT2D eigenvalue weighted by Gasteiger charge is 2.28. The molecule has 1 saturated heterocycles. The van der Waals surface area contributed by atoms with Crippen molar-refractivity contribution < 1.29 is 9.72 Å². The number of carbonyl (C=O) groups excluding carboxylic acids is 1. The van der Waals surface area contributed by atoms with E-state index in [1.54, 1.807) is 17.0 Å². The van der Waals surface area contributed by atoms with Crippen LogP contribution in [0, 0.1) is 16.0 Å². The molecule has 2 aromatic carbocycles. The molecule has 1 unspecified atom stereocenters. The largest absolute Gasteiger partial charge is 0.350 e. The summed E-state index contributed by atoms with van der Waals surface area (Å²) in [6, 6.07) is 13.8. The number of hydrogen-bond acceptors (Lipinski definition) is 5. The van der Waals surface area contributed by atoms with Crippen LogP contribution in [0.1, 0.15) is 16.8 Å². The highest BCUT2D eigenvalue weighted by Crippen LogP contribution is 2.29. The Morgan fingerprint density at radius 1 is 1.27 bits per heavy atom. The van der Waals surface area contributed by atoms with Crippen molar-refractivity contribution in [2.24, 2.45) is 5.92 Å². The lowest BCUT2D eigenvalue weighted by molar-refractivity contribution is -0.383. The Balaban J connectivity index is 1.80. The van der Waals surface area contributed by atoms with Crippen LogP contribution < -0.4 is 10.6 Å². The number of nitro groups is 1. The van der Waals surface area contributed by atoms with Crippen molar-refractivity contribution in [2.45, 2.75) is 6.42 Å². The van der Waals surface area contributed by atoms with Gasteiger partial charge in [0.05, 0.1) is 4.92 Å². The molecule has 1 atom stereocenters. The van der Waals surface area contributed by atoms with E-state index in [-0.39, 0.29) is 11.6 Å². The van der Waals surface area contributed by atoms with Crippen molar-refractivity contribution in [3.05, 3.63) is 64.2 Å². The molecule has 0 radical (unpaired) electrons. The molecule has 0 aliphatic carbocycles. The summed E-state index contributed by atoms with van der Waals surface area (Å²) in [6.45, 7) is 2.23. The average Bonchev–Trinajstić information content (AvgIpc) is 3.11. The van der Waals surface area contributed by atoms with Crippen LogP contribution in [-0.2, 0) is 0 Å². The van der Waals surface area contributed by atoms with E-state index in [9.17, 15) is 14.9 Å². The number of amides is 1. The van der Waals surface area contributed by atoms with E-state index in [2.05, 4.69) is 10.6 Å². The van der Waals surface area contributed by atoms with E-state index >= 15 is 0 Å². The first-order chi connectivity index (χ1) is 12.6. The number of nitrogens with zero attached hydrogens (tertiary/aromatic N) is 2. The lowest BCUT2D eigenvalue weighted by atomic mass is 10.1. The minimum Gasteiger partial charge on any atom is -0.350 e. The predicted molar refractivity (Wildman–Crippen MR) is 101 cm³/mol. The maximum absolute atomic E-state index is 12.7. The van der Waals surface area contributed by atoms with Gasteiger partial charge in [0.2, 0.25) is 0 Å². The highest BCUT2D eigenvalue weighted by molar-refractivity contribution is 5.96. The minimum absolute atomic E-state index is 0.106. The van der Waals surface area contributed by atoms with Crippen molar-refractivity contribution in [1.82, 2.24) is 10.2 Å². The smallest absolute Gasteiger partial charge is 0.293 e. The van der Waals surface area contributed by atoms with Gasteiger partial charge in [-0.15, -0.1) is 0 Å². The average molecular weight is 354 g/mol. The van der Waals surface area contributed by atoms with E-state index < -0.39 is 4.92 Å². The summed E-state index contributed by atoms with van der Waals surface area (Å²) < 4.78 is 0. The molecule has 1 amide bonds. The quantitative estimate of drug-likeness (QED) is 0.615. The number of nitro benzene ring substituents is 1. The van der Waals surface area contributed by atoms with Crippen LogP contribution in [0.3, 0.4) is 0 Å². The fraction of sp³-hybridized carbons (Fsp3) is 0.316. The normalized spacial score (nSPS) is 16.5. The third-order valence-electron chi connectivity index (χ3n) is 4.56. The van der Waals surface area contributed by atoms with Crippen molar-refractivity contribution in [2.75, 3.05) is 32.0 Å². The van der Waals surface area contributed by atoms with E-state index in [1.807, 2.05) is 37.4 Å². The van der Waals surface area contributed by atoms with Gasteiger partial charge in [-0.1, -0.05) is 18.2 Å². The zero-order valence-electron chi connectivity index (χ0n) is 14.6. The maximum Gasteiger partial charge on any atom is 0.293 e. The Bertz CT molecular complexity index is 795. The summed E-state index contributed by atoms with van der Waals surface area (Å²) in [7, 11) is 1.90. The zero-order chi connectivity index (χ0) is 18.5. The molecule has 0 saturated carbocycles. The molecule has 2 N–H and O–H groups in total. The lowest BCUT2D eigenvalue weighted by Gasteiger charge is -2.17. The van der Waals surface area contributed by atoms with Gasteiger partial charge in [0.1, 0.15) is 5.69 Å². The Kier molecular flexibility index (Phi) is 5.48. The molecular weight excluding hydrogens is 332 g/mol. The Hall–Kier alpha value is -2.93. The summed E-state index contributed by atoms with van der Waals surface area (Å²) in [5.41, 5.74) is 1.36. The van der Waals surface area contributed by atoms with Gasteiger partial charge >= 0.3 is 0 Å². The number of hydrogen-bond donors (Lipinski definition) is 2. The summed E-state index contributed by atoms with van der Waals surface area (Å²) in [5, 5.41) is 17.6. The summed E-state index contributed by atoms with van der Waals surface area (Å²) in [4.78, 5) is 25.5. The van der Waals surface area contributed by atoms with Crippen LogP contribution in [0.4, 0.5) is 17.1 Å². The van der Waals surface area contributed by atoms with Gasteiger partial charge in [-0.05, 0) is 50.2 Å². The van der Waals surface area contributed by atoms with Crippen LogP contribution in [0.2, 0.25) is 0 Å². The van der Waals surface area contributed by atoms with Crippen LogP contribution in [0.25, 0.3) is 0 Å². The Morgan fingerprint density at radius 3 is 2.73 bits per heavy atom. The monoisotopic (exact) mass is 354 g/mol. The third-order valence-corrected chi connectivity index (χ3v) is 4.56. The molecule has 0 aromatic heterocycles. The molecule has 0 bridgehead atoms. The number of benzene rings is 2. The number of carbonyl (C=O) groups is 1. The van der Waals surface area contributed by atoms with Crippen molar-refractivity contribution in [1.29, 1.82) is 0 Å². The molecule has 26 heavy (non-hydrogen) atoms. The summed E-state index contributed by atoms with van der Waals surface area (Å²) >= 11 is 0. The number of para-hydroxylation sites is 1. The van der Waals surface area contributed by atoms with Gasteiger partial charge in [0.15, 0.2) is 0 Å². The molecular formula is C19H22N4O3. The molecule has 1 heterocycles. The highest BCUT2D eigenvalue weighted by atomic mass is 16.6. The minimum atomic E-state index is -0.462. The Labute approximate surface area is 152 Å². The topological polar surface area (TPSA) is 87.5 Å². The van der Waals surface area contributed by atoms with Gasteiger partial charge in [0, 0.05) is 30.4 Å². The van der Waals surface area contributed by atoms with Crippen molar-refractivity contribution >= 4 is 23.0 Å². The van der Waals surface area contributed by atoms with Crippen LogP contribution in [0.5, 0.6) is 0 Å². The first kappa shape index (κ1) is 17.9. The van der Waals surface area contributed by atoms with Crippen LogP contribution >= 0.6 is 0 Å². The second-order valence-corrected chi connectivity index (χ2v) is 6.44. The van der Waals surface area contributed by atoms with Gasteiger partial charge < -0.3 is 15.5 Å². The Morgan fingerprint density at radius 2 is 2.04 bits per heavy atom. The molecule has 3 rings (SSSR count). The van der Waals surface area contributed by atoms with Gasteiger partial charge in [-0.25, -0.2) is 0 Å². The summed E-state index contributed by atoms with van der Waals surface area (Å²) in [6.07, 6.45) is 0.947. The molecule has 1 aliphatic heterocycles. The first-order valence-electron chi connectivity index (χ1n) is 8.63. The summed E-state index contributed by atoms with van der Waals surface area (Å²) in [5.74, 6) is 0.274. The lowest BCUT2D eigenvalue weighted by Crippen LogP contribution is -2.30. The number of rotatable bonds is 6. The van der Waals surface area contributed by atoms with E-state index in [4.69, 9.17) is 0 Å². The van der Waals surface area contributed by atoms with Crippen LogP contribution in [-0.4, -0.2) is 42.4 Å². The van der Waals surface area contributed by atoms with E-state index in [0.717, 1.165) is 18.7 Å². The molecule has 7 heteroatoms. The standard InChI is InChI=1S/C19H22N4O3/c1-20-12-14-9-10-22(13-14)19(24)15-7-8-17(18(11-15)23(25)26)21-16-5-3-2-4-6-16/h2-8,11,14,20-21H,9-10,12-13H2,1H3. The fourth-order valence-electron chi connectivity index (χ4n) is 3.25. The zero-order valence-corrected chi connectivity index (χ0v) is 14.6. The second-order valence-electron chi connectivity index (χ2n) is 6.44. The molecule has 0 spiro atoms. The van der Waals surface area contributed by atoms with Gasteiger partial charge in [0.25, 0.3) is 11.6 Å². The van der Waals surface area contributed by atoms with Gasteiger partial charge in [-0.3, -0.25) is 14.9 Å². The third kappa shape index (κ3) is 4.00. The molecule has 1 fully saturated rings. The SMILES string of the molecule is CNCC1CCN(C(=O)c2ccc(Nc3ccccc3)c([N+](=O)[O-])c2)C1. The van der Waals surface area contributed by atoms with Crippen molar-refractivity contribution in [3.8, 4) is 0 Å². The van der Waals surface area contributed by atoms with Gasteiger partial charge in [-0.2, -0.15) is 0 Å². The fourth-order valence-corrected chi connectivity index (χ4v) is 3.25. The molecule has 2 aromatic rings.